The predicted octanol–water partition coefficient (Wildman–Crippen LogP) is 3.68. The Kier molecular flexibility index (Phi) is 2.00. The number of para-hydroxylation sites is 1. The van der Waals surface area contributed by atoms with Crippen LogP contribution in [0.1, 0.15) is 5.56 Å². The van der Waals surface area contributed by atoms with Crippen LogP contribution < -0.4 is 0 Å². The van der Waals surface area contributed by atoms with E-state index in [-0.39, 0.29) is 0 Å². The summed E-state index contributed by atoms with van der Waals surface area (Å²) < 4.78 is 5.79. The van der Waals surface area contributed by atoms with Gasteiger partial charge in [0.1, 0.15) is 5.58 Å². The highest BCUT2D eigenvalue weighted by atomic mass is 16.3. The minimum absolute atomic E-state index is 0.709. The van der Waals surface area contributed by atoms with Crippen LogP contribution in [0.15, 0.2) is 47.0 Å². The molecule has 0 saturated heterocycles. The predicted molar refractivity (Wildman–Crippen MR) is 73.8 cm³/mol. The molecule has 0 aliphatic carbocycles. The van der Waals surface area contributed by atoms with Crippen molar-refractivity contribution in [2.45, 2.75) is 6.92 Å². The molecule has 1 N–H and O–H groups in total. The van der Waals surface area contributed by atoms with Gasteiger partial charge in [0.25, 0.3) is 0 Å². The number of nitrogens with zero attached hydrogens (tertiary/aromatic N) is 2. The number of imidazole rings is 1. The quantitative estimate of drug-likeness (QED) is 0.560. The van der Waals surface area contributed by atoms with E-state index in [0.29, 0.717) is 11.5 Å². The van der Waals surface area contributed by atoms with Crippen molar-refractivity contribution in [2.75, 3.05) is 0 Å². The highest BCUT2D eigenvalue weighted by Gasteiger charge is 2.11. The Morgan fingerprint density at radius 2 is 2.05 bits per heavy atom. The number of hydrogen-bond donors (Lipinski definition) is 1. The minimum atomic E-state index is 0.709. The molecule has 0 amide bonds. The fourth-order valence-corrected chi connectivity index (χ4v) is 2.22. The fraction of sp³-hybridized carbons (Fsp3) is 0.0667. The summed E-state index contributed by atoms with van der Waals surface area (Å²) >= 11 is 0. The number of nitrogens with one attached hydrogen (secondary N) is 1. The third kappa shape index (κ3) is 1.61. The first kappa shape index (κ1) is 10.3. The van der Waals surface area contributed by atoms with E-state index in [1.807, 2.05) is 49.5 Å². The summed E-state index contributed by atoms with van der Waals surface area (Å²) in [6, 6.07) is 11.9. The number of pyridine rings is 1. The molecule has 3 heterocycles. The third-order valence-electron chi connectivity index (χ3n) is 3.13. The zero-order chi connectivity index (χ0) is 12.8. The second-order valence-electron chi connectivity index (χ2n) is 4.62. The molecule has 0 aliphatic rings. The summed E-state index contributed by atoms with van der Waals surface area (Å²) in [7, 11) is 0. The van der Waals surface area contributed by atoms with Crippen LogP contribution in [0.4, 0.5) is 0 Å². The average molecular weight is 249 g/mol. The molecular formula is C15H11N3O. The Balaban J connectivity index is 1.93. The lowest BCUT2D eigenvalue weighted by atomic mass is 10.2. The molecule has 0 unspecified atom stereocenters. The first-order chi connectivity index (χ1) is 9.29. The first-order valence-corrected chi connectivity index (χ1v) is 6.11. The van der Waals surface area contributed by atoms with Crippen molar-refractivity contribution < 1.29 is 4.42 Å². The Morgan fingerprint density at radius 1 is 1.16 bits per heavy atom. The lowest BCUT2D eigenvalue weighted by molar-refractivity contribution is 0.626. The number of rotatable bonds is 1. The molecule has 92 valence electrons. The number of furan rings is 1. The molecule has 1 aromatic carbocycles. The van der Waals surface area contributed by atoms with Gasteiger partial charge in [-0.3, -0.25) is 0 Å². The standard InChI is InChI=1S/C15H11N3O/c1-9-6-11-14(16-8-9)18-15(17-11)13-7-10-4-2-3-5-12(10)19-13/h2-8H,1H3,(H,16,17,18). The molecule has 0 aliphatic heterocycles. The molecule has 4 aromatic rings. The van der Waals surface area contributed by atoms with E-state index < -0.39 is 0 Å². The van der Waals surface area contributed by atoms with Crippen molar-refractivity contribution in [1.82, 2.24) is 15.0 Å². The molecule has 0 radical (unpaired) electrons. The van der Waals surface area contributed by atoms with Gasteiger partial charge < -0.3 is 9.40 Å². The van der Waals surface area contributed by atoms with Crippen LogP contribution in [-0.2, 0) is 0 Å². The minimum Gasteiger partial charge on any atom is -0.453 e. The number of aryl methyl sites for hydroxylation is 1. The van der Waals surface area contributed by atoms with Gasteiger partial charge in [-0.25, -0.2) is 9.97 Å². The van der Waals surface area contributed by atoms with Gasteiger partial charge in [-0.05, 0) is 30.7 Å². The van der Waals surface area contributed by atoms with Crippen molar-refractivity contribution in [3.05, 3.63) is 48.2 Å². The molecule has 0 spiro atoms. The van der Waals surface area contributed by atoms with Gasteiger partial charge in [-0.1, -0.05) is 18.2 Å². The summed E-state index contributed by atoms with van der Waals surface area (Å²) in [5, 5.41) is 1.07. The highest BCUT2D eigenvalue weighted by Crippen LogP contribution is 2.27. The van der Waals surface area contributed by atoms with Crippen molar-refractivity contribution in [3.63, 3.8) is 0 Å². The summed E-state index contributed by atoms with van der Waals surface area (Å²) in [5.74, 6) is 1.45. The van der Waals surface area contributed by atoms with Gasteiger partial charge in [-0.2, -0.15) is 0 Å². The van der Waals surface area contributed by atoms with Crippen LogP contribution in [-0.4, -0.2) is 15.0 Å². The number of aromatic amines is 1. The lowest BCUT2D eigenvalue weighted by Crippen LogP contribution is -1.77. The fourth-order valence-electron chi connectivity index (χ4n) is 2.22. The van der Waals surface area contributed by atoms with Crippen molar-refractivity contribution in [2.24, 2.45) is 0 Å². The summed E-state index contributed by atoms with van der Waals surface area (Å²) in [5.41, 5.74) is 3.60. The van der Waals surface area contributed by atoms with Gasteiger partial charge in [-0.15, -0.1) is 0 Å². The van der Waals surface area contributed by atoms with Crippen LogP contribution >= 0.6 is 0 Å². The zero-order valence-electron chi connectivity index (χ0n) is 10.3. The monoisotopic (exact) mass is 249 g/mol. The molecule has 0 fully saturated rings. The van der Waals surface area contributed by atoms with E-state index in [1.165, 1.54) is 0 Å². The number of fused-ring (bicyclic) bond motifs is 2. The summed E-state index contributed by atoms with van der Waals surface area (Å²) in [4.78, 5) is 12.0. The van der Waals surface area contributed by atoms with Gasteiger partial charge >= 0.3 is 0 Å². The second kappa shape index (κ2) is 3.68. The third-order valence-corrected chi connectivity index (χ3v) is 3.13. The Morgan fingerprint density at radius 3 is 2.95 bits per heavy atom. The van der Waals surface area contributed by atoms with Crippen molar-refractivity contribution in [3.8, 4) is 11.6 Å². The van der Waals surface area contributed by atoms with E-state index in [0.717, 1.165) is 27.8 Å². The Bertz CT molecular complexity index is 856. The molecule has 3 aromatic heterocycles. The molecule has 0 saturated carbocycles. The van der Waals surface area contributed by atoms with Gasteiger partial charge in [0, 0.05) is 11.6 Å². The van der Waals surface area contributed by atoms with Crippen LogP contribution in [0, 0.1) is 6.92 Å². The second-order valence-corrected chi connectivity index (χ2v) is 4.62. The van der Waals surface area contributed by atoms with Gasteiger partial charge in [0.05, 0.1) is 5.52 Å². The van der Waals surface area contributed by atoms with Crippen LogP contribution in [0.5, 0.6) is 0 Å². The van der Waals surface area contributed by atoms with Gasteiger partial charge in [0.2, 0.25) is 0 Å². The molecular weight excluding hydrogens is 238 g/mol. The number of H-pyrrole nitrogens is 1. The maximum absolute atomic E-state index is 5.79. The van der Waals surface area contributed by atoms with Crippen LogP contribution in [0.3, 0.4) is 0 Å². The van der Waals surface area contributed by atoms with Crippen LogP contribution in [0.25, 0.3) is 33.7 Å². The van der Waals surface area contributed by atoms with E-state index in [1.54, 1.807) is 0 Å². The Hall–Kier alpha value is -2.62. The lowest BCUT2D eigenvalue weighted by Gasteiger charge is -1.88. The largest absolute Gasteiger partial charge is 0.453 e. The molecule has 0 atom stereocenters. The van der Waals surface area contributed by atoms with Crippen LogP contribution in [0.2, 0.25) is 0 Å². The van der Waals surface area contributed by atoms with Crippen molar-refractivity contribution >= 4 is 22.1 Å². The molecule has 0 bridgehead atoms. The summed E-state index contributed by atoms with van der Waals surface area (Å²) in [6.07, 6.45) is 1.81. The molecule has 19 heavy (non-hydrogen) atoms. The van der Waals surface area contributed by atoms with E-state index in [4.69, 9.17) is 4.42 Å². The molecule has 4 rings (SSSR count). The smallest absolute Gasteiger partial charge is 0.178 e. The van der Waals surface area contributed by atoms with Crippen molar-refractivity contribution in [1.29, 1.82) is 0 Å². The molecule has 4 nitrogen and oxygen atoms in total. The zero-order valence-corrected chi connectivity index (χ0v) is 10.3. The van der Waals surface area contributed by atoms with E-state index >= 15 is 0 Å². The van der Waals surface area contributed by atoms with Gasteiger partial charge in [0.15, 0.2) is 17.2 Å². The van der Waals surface area contributed by atoms with E-state index in [2.05, 4.69) is 15.0 Å². The first-order valence-electron chi connectivity index (χ1n) is 6.11. The van der Waals surface area contributed by atoms with E-state index in [9.17, 15) is 0 Å². The summed E-state index contributed by atoms with van der Waals surface area (Å²) in [6.45, 7) is 2.01. The molecule has 4 heteroatoms. The normalized spacial score (nSPS) is 11.4. The maximum atomic E-state index is 5.79. The average Bonchev–Trinajstić information content (AvgIpc) is 3.00. The SMILES string of the molecule is Cc1cnc2nc(-c3cc4ccccc4o3)[nH]c2c1. The number of benzene rings is 1. The number of hydrogen-bond acceptors (Lipinski definition) is 3. The highest BCUT2D eigenvalue weighted by molar-refractivity contribution is 5.83. The Labute approximate surface area is 109 Å². The topological polar surface area (TPSA) is 54.7 Å². The maximum Gasteiger partial charge on any atom is 0.178 e. The number of aromatic nitrogens is 3.